The van der Waals surface area contributed by atoms with E-state index in [9.17, 15) is 14.7 Å². The fraction of sp³-hybridized carbons (Fsp3) is 0.350. The summed E-state index contributed by atoms with van der Waals surface area (Å²) in [5, 5.41) is 11.1. The molecule has 1 aliphatic rings. The van der Waals surface area contributed by atoms with Crippen LogP contribution in [0.2, 0.25) is 18.6 Å². The van der Waals surface area contributed by atoms with E-state index in [0.717, 1.165) is 47.5 Å². The Morgan fingerprint density at radius 3 is 2.17 bits per heavy atom. The summed E-state index contributed by atoms with van der Waals surface area (Å²) in [6, 6.07) is 36.1. The number of rotatable bonds is 15. The number of aliphatic hydroxyl groups is 1. The van der Waals surface area contributed by atoms with Gasteiger partial charge in [0.2, 0.25) is 12.3 Å². The molecule has 0 unspecified atom stereocenters. The quantitative estimate of drug-likeness (QED) is 0.113. The first-order chi connectivity index (χ1) is 23.2. The summed E-state index contributed by atoms with van der Waals surface area (Å²) in [7, 11) is -0.486. The number of aliphatic hydroxyl groups excluding tert-OH is 1. The van der Waals surface area contributed by atoms with Crippen molar-refractivity contribution in [3.63, 3.8) is 0 Å². The summed E-state index contributed by atoms with van der Waals surface area (Å²) in [4.78, 5) is 29.4. The number of methoxy groups -OCH3 is 1. The Morgan fingerprint density at radius 1 is 0.875 bits per heavy atom. The second kappa shape index (κ2) is 16.2. The molecule has 4 atom stereocenters. The maximum atomic E-state index is 13.9. The molecule has 0 spiro atoms. The molecule has 48 heavy (non-hydrogen) atoms. The average Bonchev–Trinajstić information content (AvgIpc) is 3.43. The van der Waals surface area contributed by atoms with E-state index < -0.39 is 8.07 Å². The lowest BCUT2D eigenvalue weighted by atomic mass is 9.95. The van der Waals surface area contributed by atoms with Crippen molar-refractivity contribution < 1.29 is 24.2 Å². The Kier molecular flexibility index (Phi) is 11.9. The van der Waals surface area contributed by atoms with Gasteiger partial charge < -0.3 is 19.5 Å². The molecule has 1 saturated heterocycles. The molecule has 0 aromatic heterocycles. The fourth-order valence-corrected chi connectivity index (χ4v) is 11.5. The number of para-hydroxylation sites is 1. The minimum Gasteiger partial charge on any atom is -0.497 e. The molecule has 252 valence electrons. The van der Waals surface area contributed by atoms with E-state index in [1.165, 1.54) is 5.19 Å². The van der Waals surface area contributed by atoms with Gasteiger partial charge in [-0.25, -0.2) is 0 Å². The fourth-order valence-electron chi connectivity index (χ4n) is 7.39. The number of benzene rings is 4. The summed E-state index contributed by atoms with van der Waals surface area (Å²) in [6.07, 6.45) is 2.44. The lowest BCUT2D eigenvalue weighted by Crippen LogP contribution is -2.51. The summed E-state index contributed by atoms with van der Waals surface area (Å²) >= 11 is 0. The number of hydrogen-bond donors (Lipinski definition) is 1. The predicted octanol–water partition coefficient (Wildman–Crippen LogP) is 6.72. The minimum absolute atomic E-state index is 0.00199. The van der Waals surface area contributed by atoms with Crippen LogP contribution >= 0.6 is 0 Å². The lowest BCUT2D eigenvalue weighted by Gasteiger charge is -2.36. The molecule has 8 heteroatoms. The van der Waals surface area contributed by atoms with Gasteiger partial charge >= 0.3 is 0 Å². The van der Waals surface area contributed by atoms with Crippen molar-refractivity contribution in [2.45, 2.75) is 63.6 Å². The smallest absolute Gasteiger partial charge is 0.225 e. The van der Waals surface area contributed by atoms with Crippen LogP contribution in [0.5, 0.6) is 5.75 Å². The SMILES string of the molecule is COc1ccc([Si](C)(C)[C@@H]2[C@@H](C)[C@@H](CCc3cccc(N(C=O)c4ccccc4)c3)O[C@H]2CC(=O)N(CCO)Cc2ccccc2)cc1. The van der Waals surface area contributed by atoms with Gasteiger partial charge in [-0.05, 0) is 71.8 Å². The van der Waals surface area contributed by atoms with Gasteiger partial charge in [0.05, 0.1) is 40.4 Å². The van der Waals surface area contributed by atoms with Crippen molar-refractivity contribution in [1.29, 1.82) is 0 Å². The molecular weight excluding hydrogens is 617 g/mol. The Bertz CT molecular complexity index is 1620. The Morgan fingerprint density at radius 2 is 1.52 bits per heavy atom. The molecule has 4 aromatic carbocycles. The zero-order valence-electron chi connectivity index (χ0n) is 28.5. The average molecular weight is 665 g/mol. The van der Waals surface area contributed by atoms with Gasteiger partial charge in [-0.2, -0.15) is 0 Å². The first kappa shape index (κ1) is 35.1. The number of ether oxygens (including phenoxy) is 2. The van der Waals surface area contributed by atoms with Crippen molar-refractivity contribution in [3.05, 3.63) is 120 Å². The number of hydrogen-bond acceptors (Lipinski definition) is 5. The number of nitrogens with zero attached hydrogens (tertiary/aromatic N) is 2. The number of amides is 2. The second-order valence-electron chi connectivity index (χ2n) is 13.3. The van der Waals surface area contributed by atoms with E-state index in [1.54, 1.807) is 16.9 Å². The number of carbonyl (C=O) groups excluding carboxylic acids is 2. The van der Waals surface area contributed by atoms with Crippen LogP contribution < -0.4 is 14.8 Å². The lowest BCUT2D eigenvalue weighted by molar-refractivity contribution is -0.135. The highest BCUT2D eigenvalue weighted by molar-refractivity contribution is 6.91. The topological polar surface area (TPSA) is 79.3 Å². The standard InChI is InChI=1S/C40H48N2O5Si/c1-30-37(23-18-31-14-11-17-34(26-31)42(29-44)33-15-9-6-10-16-33)47-38(40(30)48(3,4)36-21-19-35(46-2)20-22-36)27-39(45)41(24-25-43)28-32-12-7-5-8-13-32/h5-17,19-22,26,29-30,37-38,40,43H,18,23-25,27-28H2,1-4H3/t30-,37+,38-,40+/m0/s1. The van der Waals surface area contributed by atoms with Gasteiger partial charge in [-0.1, -0.05) is 98.0 Å². The Labute approximate surface area is 286 Å². The molecule has 0 radical (unpaired) electrons. The molecule has 0 aliphatic carbocycles. The summed E-state index contributed by atoms with van der Waals surface area (Å²) in [5.74, 6) is 1.05. The van der Waals surface area contributed by atoms with Crippen LogP contribution in [0.1, 0.15) is 30.9 Å². The van der Waals surface area contributed by atoms with Crippen molar-refractivity contribution in [2.24, 2.45) is 5.92 Å². The zero-order valence-corrected chi connectivity index (χ0v) is 29.5. The predicted molar refractivity (Wildman–Crippen MR) is 195 cm³/mol. The molecule has 1 heterocycles. The maximum Gasteiger partial charge on any atom is 0.225 e. The summed E-state index contributed by atoms with van der Waals surface area (Å²) in [5.41, 5.74) is 4.00. The van der Waals surface area contributed by atoms with Crippen molar-refractivity contribution in [2.75, 3.05) is 25.2 Å². The van der Waals surface area contributed by atoms with E-state index in [-0.39, 0.29) is 49.1 Å². The molecule has 0 bridgehead atoms. The van der Waals surface area contributed by atoms with E-state index in [2.05, 4.69) is 44.3 Å². The number of aryl methyl sites for hydroxylation is 1. The maximum absolute atomic E-state index is 13.9. The highest BCUT2D eigenvalue weighted by atomic mass is 28.3. The minimum atomic E-state index is -2.17. The molecule has 1 aliphatic heterocycles. The Balaban J connectivity index is 1.37. The molecule has 1 N–H and O–H groups in total. The first-order valence-corrected chi connectivity index (χ1v) is 19.9. The number of carbonyl (C=O) groups is 2. The molecule has 0 saturated carbocycles. The van der Waals surface area contributed by atoms with Gasteiger partial charge in [0.25, 0.3) is 0 Å². The van der Waals surface area contributed by atoms with E-state index in [4.69, 9.17) is 9.47 Å². The molecule has 7 nitrogen and oxygen atoms in total. The van der Waals surface area contributed by atoms with Crippen LogP contribution in [0.3, 0.4) is 0 Å². The molecule has 1 fully saturated rings. The zero-order chi connectivity index (χ0) is 34.1. The highest BCUT2D eigenvalue weighted by Gasteiger charge is 2.51. The summed E-state index contributed by atoms with van der Waals surface area (Å²) in [6.45, 7) is 7.69. The largest absolute Gasteiger partial charge is 0.497 e. The van der Waals surface area contributed by atoms with E-state index >= 15 is 0 Å². The normalized spacial score (nSPS) is 19.1. The first-order valence-electron chi connectivity index (χ1n) is 16.9. The van der Waals surface area contributed by atoms with Crippen LogP contribution in [0.15, 0.2) is 109 Å². The van der Waals surface area contributed by atoms with Gasteiger partial charge in [0.1, 0.15) is 5.75 Å². The van der Waals surface area contributed by atoms with Crippen molar-refractivity contribution in [1.82, 2.24) is 4.90 Å². The third-order valence-corrected chi connectivity index (χ3v) is 14.3. The van der Waals surface area contributed by atoms with Crippen molar-refractivity contribution >= 4 is 37.0 Å². The highest BCUT2D eigenvalue weighted by Crippen LogP contribution is 2.46. The second-order valence-corrected chi connectivity index (χ2v) is 18.0. The third kappa shape index (κ3) is 8.24. The van der Waals surface area contributed by atoms with Gasteiger partial charge in [-0.3, -0.25) is 14.5 Å². The number of anilines is 2. The molecule has 2 amide bonds. The van der Waals surface area contributed by atoms with Crippen LogP contribution in [0.4, 0.5) is 11.4 Å². The molecular formula is C40H48N2O5Si. The Hall–Kier alpha value is -4.24. The van der Waals surface area contributed by atoms with Crippen LogP contribution in [0, 0.1) is 5.92 Å². The van der Waals surface area contributed by atoms with Crippen LogP contribution in [-0.2, 0) is 27.3 Å². The van der Waals surface area contributed by atoms with E-state index in [1.807, 2.05) is 84.9 Å². The van der Waals surface area contributed by atoms with Crippen molar-refractivity contribution in [3.8, 4) is 5.75 Å². The summed E-state index contributed by atoms with van der Waals surface area (Å²) < 4.78 is 12.4. The van der Waals surface area contributed by atoms with Gasteiger partial charge in [0, 0.05) is 24.5 Å². The van der Waals surface area contributed by atoms with Crippen LogP contribution in [-0.4, -0.2) is 62.9 Å². The molecule has 5 rings (SSSR count). The van der Waals surface area contributed by atoms with E-state index in [0.29, 0.717) is 6.54 Å². The van der Waals surface area contributed by atoms with Crippen LogP contribution in [0.25, 0.3) is 0 Å². The monoisotopic (exact) mass is 664 g/mol. The third-order valence-electron chi connectivity index (χ3n) is 9.93. The van der Waals surface area contributed by atoms with Gasteiger partial charge in [-0.15, -0.1) is 0 Å². The van der Waals surface area contributed by atoms with Gasteiger partial charge in [0.15, 0.2) is 0 Å². The molecule has 4 aromatic rings.